The second-order valence-electron chi connectivity index (χ2n) is 1.99. The van der Waals surface area contributed by atoms with Gasteiger partial charge in [0, 0.05) is 6.54 Å². The first kappa shape index (κ1) is 8.88. The van der Waals surface area contributed by atoms with Crippen molar-refractivity contribution in [3.05, 3.63) is 0 Å². The maximum absolute atomic E-state index is 8.64. The van der Waals surface area contributed by atoms with Crippen LogP contribution in [0.25, 0.3) is 0 Å². The molecule has 0 spiro atoms. The normalized spacial score (nSPS) is 10.7. The molecule has 0 bridgehead atoms. The highest BCUT2D eigenvalue weighted by atomic mass is 16.3. The summed E-state index contributed by atoms with van der Waals surface area (Å²) in [6.07, 6.45) is 0.967. The molecule has 0 aromatic carbocycles. The second kappa shape index (κ2) is 6.01. The summed E-state index contributed by atoms with van der Waals surface area (Å²) in [5, 5.41) is 8.64. The molecule has 0 heterocycles. The molecule has 0 aliphatic rings. The summed E-state index contributed by atoms with van der Waals surface area (Å²) in [5.41, 5.74) is 5.28. The third-order valence-corrected chi connectivity index (χ3v) is 1.33. The van der Waals surface area contributed by atoms with E-state index >= 15 is 0 Å². The monoisotopic (exact) mass is 132 g/mol. The zero-order chi connectivity index (χ0) is 7.11. The summed E-state index contributed by atoms with van der Waals surface area (Å²) in [6, 6.07) is 0. The highest BCUT2D eigenvalue weighted by molar-refractivity contribution is 4.48. The van der Waals surface area contributed by atoms with Gasteiger partial charge >= 0.3 is 0 Å². The van der Waals surface area contributed by atoms with Crippen LogP contribution < -0.4 is 5.73 Å². The Kier molecular flexibility index (Phi) is 5.93. The SMILES string of the molecule is CCN(CO)CCCN. The van der Waals surface area contributed by atoms with E-state index in [-0.39, 0.29) is 6.73 Å². The molecule has 3 N–H and O–H groups in total. The van der Waals surface area contributed by atoms with Crippen molar-refractivity contribution in [3.8, 4) is 0 Å². The smallest absolute Gasteiger partial charge is 0.0956 e. The molecule has 0 amide bonds. The highest BCUT2D eigenvalue weighted by Gasteiger charge is 1.95. The van der Waals surface area contributed by atoms with E-state index in [1.165, 1.54) is 0 Å². The summed E-state index contributed by atoms with van der Waals surface area (Å²) in [4.78, 5) is 1.94. The lowest BCUT2D eigenvalue weighted by atomic mass is 10.4. The lowest BCUT2D eigenvalue weighted by Gasteiger charge is -2.15. The first-order chi connectivity index (χ1) is 4.35. The molecule has 0 aliphatic carbocycles. The summed E-state index contributed by atoms with van der Waals surface area (Å²) in [7, 11) is 0. The Morgan fingerprint density at radius 1 is 1.56 bits per heavy atom. The van der Waals surface area contributed by atoms with E-state index < -0.39 is 0 Å². The highest BCUT2D eigenvalue weighted by Crippen LogP contribution is 1.86. The van der Waals surface area contributed by atoms with Gasteiger partial charge in [-0.1, -0.05) is 6.92 Å². The Labute approximate surface area is 56.5 Å². The van der Waals surface area contributed by atoms with Crippen LogP contribution in [0.15, 0.2) is 0 Å². The lowest BCUT2D eigenvalue weighted by molar-refractivity contribution is 0.112. The second-order valence-corrected chi connectivity index (χ2v) is 1.99. The minimum absolute atomic E-state index is 0.149. The molecule has 0 saturated heterocycles. The van der Waals surface area contributed by atoms with Crippen LogP contribution in [0.1, 0.15) is 13.3 Å². The first-order valence-electron chi connectivity index (χ1n) is 3.38. The molecule has 0 radical (unpaired) electrons. The molecule has 3 nitrogen and oxygen atoms in total. The van der Waals surface area contributed by atoms with Gasteiger partial charge in [-0.05, 0) is 19.5 Å². The minimum atomic E-state index is 0.149. The van der Waals surface area contributed by atoms with E-state index in [0.29, 0.717) is 6.54 Å². The van der Waals surface area contributed by atoms with Crippen LogP contribution >= 0.6 is 0 Å². The van der Waals surface area contributed by atoms with Gasteiger partial charge in [0.1, 0.15) is 0 Å². The molecule has 9 heavy (non-hydrogen) atoms. The molecular formula is C6H16N2O. The van der Waals surface area contributed by atoms with Gasteiger partial charge in [-0.25, -0.2) is 0 Å². The number of rotatable bonds is 5. The molecule has 0 rings (SSSR count). The Bertz CT molecular complexity index is 55.0. The van der Waals surface area contributed by atoms with Crippen molar-refractivity contribution in [2.75, 3.05) is 26.4 Å². The quantitative estimate of drug-likeness (QED) is 0.501. The maximum Gasteiger partial charge on any atom is 0.0956 e. The van der Waals surface area contributed by atoms with E-state index in [2.05, 4.69) is 0 Å². The average Bonchev–Trinajstić information content (AvgIpc) is 1.91. The minimum Gasteiger partial charge on any atom is -0.381 e. The van der Waals surface area contributed by atoms with E-state index in [9.17, 15) is 0 Å². The number of hydrogen-bond acceptors (Lipinski definition) is 3. The molecular weight excluding hydrogens is 116 g/mol. The third kappa shape index (κ3) is 4.39. The van der Waals surface area contributed by atoms with E-state index in [1.807, 2.05) is 11.8 Å². The summed E-state index contributed by atoms with van der Waals surface area (Å²) < 4.78 is 0. The van der Waals surface area contributed by atoms with Crippen molar-refractivity contribution >= 4 is 0 Å². The molecule has 0 fully saturated rings. The molecule has 0 atom stereocenters. The van der Waals surface area contributed by atoms with E-state index in [0.717, 1.165) is 19.5 Å². The number of nitrogens with zero attached hydrogens (tertiary/aromatic N) is 1. The van der Waals surface area contributed by atoms with Gasteiger partial charge in [-0.15, -0.1) is 0 Å². The average molecular weight is 132 g/mol. The van der Waals surface area contributed by atoms with Crippen LogP contribution in [0, 0.1) is 0 Å². The van der Waals surface area contributed by atoms with E-state index in [4.69, 9.17) is 10.8 Å². The van der Waals surface area contributed by atoms with Gasteiger partial charge in [0.05, 0.1) is 6.73 Å². The first-order valence-corrected chi connectivity index (χ1v) is 3.38. The molecule has 0 aromatic rings. The van der Waals surface area contributed by atoms with Crippen LogP contribution in [-0.4, -0.2) is 36.4 Å². The van der Waals surface area contributed by atoms with Crippen LogP contribution in [0.5, 0.6) is 0 Å². The fraction of sp³-hybridized carbons (Fsp3) is 1.00. The molecule has 0 unspecified atom stereocenters. The predicted octanol–water partition coefficient (Wildman–Crippen LogP) is -0.393. The van der Waals surface area contributed by atoms with Crippen LogP contribution in [-0.2, 0) is 0 Å². The van der Waals surface area contributed by atoms with Crippen molar-refractivity contribution in [2.24, 2.45) is 5.73 Å². The number of hydrogen-bond donors (Lipinski definition) is 2. The summed E-state index contributed by atoms with van der Waals surface area (Å²) >= 11 is 0. The summed E-state index contributed by atoms with van der Waals surface area (Å²) in [6.45, 7) is 4.68. The fourth-order valence-electron chi connectivity index (χ4n) is 0.644. The van der Waals surface area contributed by atoms with Crippen LogP contribution in [0.3, 0.4) is 0 Å². The molecule has 0 aliphatic heterocycles. The van der Waals surface area contributed by atoms with Crippen LogP contribution in [0.4, 0.5) is 0 Å². The zero-order valence-corrected chi connectivity index (χ0v) is 6.01. The lowest BCUT2D eigenvalue weighted by Crippen LogP contribution is -2.26. The third-order valence-electron chi connectivity index (χ3n) is 1.33. The standard InChI is InChI=1S/C6H16N2O/c1-2-8(6-9)5-3-4-7/h9H,2-7H2,1H3. The van der Waals surface area contributed by atoms with E-state index in [1.54, 1.807) is 0 Å². The maximum atomic E-state index is 8.64. The molecule has 56 valence electrons. The number of aliphatic hydroxyl groups is 1. The van der Waals surface area contributed by atoms with Crippen LogP contribution in [0.2, 0.25) is 0 Å². The summed E-state index contributed by atoms with van der Waals surface area (Å²) in [5.74, 6) is 0. The Hall–Kier alpha value is -0.120. The van der Waals surface area contributed by atoms with Gasteiger partial charge in [-0.2, -0.15) is 0 Å². The van der Waals surface area contributed by atoms with Gasteiger partial charge in [-0.3, -0.25) is 4.90 Å². The van der Waals surface area contributed by atoms with Gasteiger partial charge < -0.3 is 10.8 Å². The number of aliphatic hydroxyl groups excluding tert-OH is 1. The van der Waals surface area contributed by atoms with Crippen molar-refractivity contribution in [1.82, 2.24) is 4.90 Å². The van der Waals surface area contributed by atoms with Crippen molar-refractivity contribution in [3.63, 3.8) is 0 Å². The zero-order valence-electron chi connectivity index (χ0n) is 6.01. The van der Waals surface area contributed by atoms with Crippen molar-refractivity contribution in [2.45, 2.75) is 13.3 Å². The van der Waals surface area contributed by atoms with Gasteiger partial charge in [0.25, 0.3) is 0 Å². The largest absolute Gasteiger partial charge is 0.381 e. The molecule has 0 saturated carbocycles. The van der Waals surface area contributed by atoms with Crippen molar-refractivity contribution < 1.29 is 5.11 Å². The Morgan fingerprint density at radius 3 is 2.56 bits per heavy atom. The Morgan fingerprint density at radius 2 is 2.22 bits per heavy atom. The topological polar surface area (TPSA) is 49.5 Å². The van der Waals surface area contributed by atoms with Crippen molar-refractivity contribution in [1.29, 1.82) is 0 Å². The molecule has 3 heteroatoms. The molecule has 0 aromatic heterocycles. The Balaban J connectivity index is 3.09. The fourth-order valence-corrected chi connectivity index (χ4v) is 0.644. The number of nitrogens with two attached hydrogens (primary N) is 1. The van der Waals surface area contributed by atoms with Gasteiger partial charge in [0.2, 0.25) is 0 Å². The predicted molar refractivity (Wildman–Crippen MR) is 38.0 cm³/mol. The van der Waals surface area contributed by atoms with Gasteiger partial charge in [0.15, 0.2) is 0 Å².